The first kappa shape index (κ1) is 11.0. The third-order valence-corrected chi connectivity index (χ3v) is 2.77. The van der Waals surface area contributed by atoms with Crippen molar-refractivity contribution in [1.29, 1.82) is 0 Å². The van der Waals surface area contributed by atoms with Gasteiger partial charge in [0.1, 0.15) is 0 Å². The van der Waals surface area contributed by atoms with E-state index in [0.29, 0.717) is 5.57 Å². The molecule has 0 atom stereocenters. The van der Waals surface area contributed by atoms with E-state index < -0.39 is 9.84 Å². The number of hydrogen-bond acceptors (Lipinski definition) is 2. The summed E-state index contributed by atoms with van der Waals surface area (Å²) in [7, 11) is -2.98. The first-order valence-corrected chi connectivity index (χ1v) is 6.37. The summed E-state index contributed by atoms with van der Waals surface area (Å²) in [6, 6.07) is 7.68. The average molecular weight is 210 g/mol. The second-order valence-electron chi connectivity index (χ2n) is 3.54. The van der Waals surface area contributed by atoms with Gasteiger partial charge in [-0.15, -0.1) is 0 Å². The van der Waals surface area contributed by atoms with Gasteiger partial charge in [-0.3, -0.25) is 0 Å². The second-order valence-corrected chi connectivity index (χ2v) is 5.68. The fraction of sp³-hybridized carbons (Fsp3) is 0.273. The van der Waals surface area contributed by atoms with Crippen LogP contribution in [-0.4, -0.2) is 20.4 Å². The minimum Gasteiger partial charge on any atom is -0.229 e. The van der Waals surface area contributed by atoms with Crippen molar-refractivity contribution in [3.63, 3.8) is 0 Å². The van der Waals surface area contributed by atoms with Gasteiger partial charge in [0.05, 0.1) is 5.75 Å². The van der Waals surface area contributed by atoms with Crippen LogP contribution in [0.4, 0.5) is 0 Å². The van der Waals surface area contributed by atoms with E-state index in [4.69, 9.17) is 0 Å². The Morgan fingerprint density at radius 1 is 1.29 bits per heavy atom. The Labute approximate surface area is 85.2 Å². The van der Waals surface area contributed by atoms with E-state index >= 15 is 0 Å². The highest BCUT2D eigenvalue weighted by Crippen LogP contribution is 2.14. The van der Waals surface area contributed by atoms with Gasteiger partial charge in [0.25, 0.3) is 0 Å². The van der Waals surface area contributed by atoms with E-state index in [-0.39, 0.29) is 5.75 Å². The molecule has 0 unspecified atom stereocenters. The normalized spacial score (nSPS) is 11.3. The quantitative estimate of drug-likeness (QED) is 0.765. The summed E-state index contributed by atoms with van der Waals surface area (Å²) < 4.78 is 22.0. The Morgan fingerprint density at radius 2 is 1.79 bits per heavy atom. The molecule has 0 aliphatic rings. The first-order chi connectivity index (χ1) is 6.38. The molecule has 3 heteroatoms. The van der Waals surface area contributed by atoms with Crippen LogP contribution in [0.25, 0.3) is 5.57 Å². The average Bonchev–Trinajstić information content (AvgIpc) is 2.02. The molecule has 76 valence electrons. The zero-order chi connectivity index (χ0) is 10.8. The number of sulfone groups is 1. The van der Waals surface area contributed by atoms with Crippen LogP contribution in [0.5, 0.6) is 0 Å². The fourth-order valence-corrected chi connectivity index (χ4v) is 1.99. The summed E-state index contributed by atoms with van der Waals surface area (Å²) in [6.07, 6.45) is 1.21. The number of benzene rings is 1. The van der Waals surface area contributed by atoms with Crippen molar-refractivity contribution in [3.8, 4) is 0 Å². The largest absolute Gasteiger partial charge is 0.229 e. The Balaban J connectivity index is 2.86. The van der Waals surface area contributed by atoms with Gasteiger partial charge in [-0.25, -0.2) is 8.42 Å². The number of aryl methyl sites for hydroxylation is 1. The van der Waals surface area contributed by atoms with E-state index in [9.17, 15) is 8.42 Å². The molecule has 0 N–H and O–H groups in total. The van der Waals surface area contributed by atoms with E-state index in [1.165, 1.54) is 6.26 Å². The second kappa shape index (κ2) is 3.96. The lowest BCUT2D eigenvalue weighted by Crippen LogP contribution is -2.04. The molecule has 0 amide bonds. The summed E-state index contributed by atoms with van der Waals surface area (Å²) in [4.78, 5) is 0. The molecule has 0 aromatic heterocycles. The van der Waals surface area contributed by atoms with Gasteiger partial charge in [0, 0.05) is 6.26 Å². The molecule has 0 saturated heterocycles. The molecule has 0 radical (unpaired) electrons. The molecule has 1 aromatic carbocycles. The fourth-order valence-electron chi connectivity index (χ4n) is 1.19. The van der Waals surface area contributed by atoms with Gasteiger partial charge in [-0.05, 0) is 18.1 Å². The Bertz CT molecular complexity index is 427. The van der Waals surface area contributed by atoms with Crippen LogP contribution in [0.2, 0.25) is 0 Å². The summed E-state index contributed by atoms with van der Waals surface area (Å²) >= 11 is 0. The third-order valence-electron chi connectivity index (χ3n) is 1.90. The van der Waals surface area contributed by atoms with E-state index in [0.717, 1.165) is 11.1 Å². The minimum atomic E-state index is -2.98. The molecular weight excluding hydrogens is 196 g/mol. The summed E-state index contributed by atoms with van der Waals surface area (Å²) in [6.45, 7) is 5.75. The third kappa shape index (κ3) is 3.34. The van der Waals surface area contributed by atoms with Crippen LogP contribution in [0.3, 0.4) is 0 Å². The molecule has 1 rings (SSSR count). The molecule has 0 saturated carbocycles. The van der Waals surface area contributed by atoms with Gasteiger partial charge in [0.2, 0.25) is 0 Å². The highest BCUT2D eigenvalue weighted by atomic mass is 32.2. The van der Waals surface area contributed by atoms with Crippen molar-refractivity contribution >= 4 is 15.4 Å². The molecule has 1 aromatic rings. The lowest BCUT2D eigenvalue weighted by atomic mass is 10.1. The van der Waals surface area contributed by atoms with Crippen LogP contribution in [-0.2, 0) is 9.84 Å². The number of rotatable bonds is 3. The van der Waals surface area contributed by atoms with Gasteiger partial charge >= 0.3 is 0 Å². The van der Waals surface area contributed by atoms with Crippen molar-refractivity contribution in [2.24, 2.45) is 0 Å². The Kier molecular flexibility index (Phi) is 3.11. The Hall–Kier alpha value is -1.09. The predicted octanol–water partition coefficient (Wildman–Crippen LogP) is 2.05. The lowest BCUT2D eigenvalue weighted by molar-refractivity contribution is 0.605. The van der Waals surface area contributed by atoms with Crippen molar-refractivity contribution in [2.75, 3.05) is 12.0 Å². The Morgan fingerprint density at radius 3 is 2.21 bits per heavy atom. The molecule has 0 aliphatic carbocycles. The summed E-state index contributed by atoms with van der Waals surface area (Å²) in [5.74, 6) is 0.0239. The minimum absolute atomic E-state index is 0.0239. The maximum atomic E-state index is 11.0. The molecule has 0 aliphatic heterocycles. The van der Waals surface area contributed by atoms with E-state index in [1.807, 2.05) is 31.2 Å². The molecular formula is C11H14O2S. The van der Waals surface area contributed by atoms with Gasteiger partial charge in [-0.2, -0.15) is 0 Å². The highest BCUT2D eigenvalue weighted by molar-refractivity contribution is 7.91. The monoisotopic (exact) mass is 210 g/mol. The van der Waals surface area contributed by atoms with E-state index in [2.05, 4.69) is 6.58 Å². The summed E-state index contributed by atoms with van der Waals surface area (Å²) in [5.41, 5.74) is 2.69. The maximum Gasteiger partial charge on any atom is 0.151 e. The van der Waals surface area contributed by atoms with Crippen LogP contribution < -0.4 is 0 Å². The molecule has 0 spiro atoms. The number of hydrogen-bond donors (Lipinski definition) is 0. The van der Waals surface area contributed by atoms with Gasteiger partial charge in [-0.1, -0.05) is 36.4 Å². The smallest absolute Gasteiger partial charge is 0.151 e. The maximum absolute atomic E-state index is 11.0. The molecule has 14 heavy (non-hydrogen) atoms. The van der Waals surface area contributed by atoms with Gasteiger partial charge < -0.3 is 0 Å². The van der Waals surface area contributed by atoms with Crippen molar-refractivity contribution in [3.05, 3.63) is 42.0 Å². The van der Waals surface area contributed by atoms with Crippen LogP contribution in [0, 0.1) is 6.92 Å². The van der Waals surface area contributed by atoms with E-state index in [1.54, 1.807) is 0 Å². The summed E-state index contributed by atoms with van der Waals surface area (Å²) in [5, 5.41) is 0. The molecule has 2 nitrogen and oxygen atoms in total. The van der Waals surface area contributed by atoms with Crippen molar-refractivity contribution < 1.29 is 8.42 Å². The SMILES string of the molecule is C=C(CS(C)(=O)=O)c1ccc(C)cc1. The van der Waals surface area contributed by atoms with Crippen LogP contribution >= 0.6 is 0 Å². The van der Waals surface area contributed by atoms with Crippen molar-refractivity contribution in [2.45, 2.75) is 6.92 Å². The topological polar surface area (TPSA) is 34.1 Å². The highest BCUT2D eigenvalue weighted by Gasteiger charge is 2.06. The van der Waals surface area contributed by atoms with Crippen LogP contribution in [0.15, 0.2) is 30.8 Å². The zero-order valence-corrected chi connectivity index (χ0v) is 9.26. The molecule has 0 bridgehead atoms. The van der Waals surface area contributed by atoms with Crippen molar-refractivity contribution in [1.82, 2.24) is 0 Å². The van der Waals surface area contributed by atoms with Crippen LogP contribution in [0.1, 0.15) is 11.1 Å². The molecule has 0 fully saturated rings. The predicted molar refractivity (Wildman–Crippen MR) is 59.9 cm³/mol. The lowest BCUT2D eigenvalue weighted by Gasteiger charge is -2.04. The molecule has 0 heterocycles. The first-order valence-electron chi connectivity index (χ1n) is 4.31. The standard InChI is InChI=1S/C11H14O2S/c1-9-4-6-11(7-5-9)10(2)8-14(3,12)13/h4-7H,2,8H2,1,3H3. The zero-order valence-electron chi connectivity index (χ0n) is 8.45. The van der Waals surface area contributed by atoms with Gasteiger partial charge in [0.15, 0.2) is 9.84 Å².